The number of aryl methyl sites for hydroxylation is 1. The highest BCUT2D eigenvalue weighted by atomic mass is 35.5. The maximum absolute atomic E-state index is 17.5. The summed E-state index contributed by atoms with van der Waals surface area (Å²) in [5.74, 6) is -1.81. The standard InChI is InChI=1S/C40H35Cl2F2N7O2/c1-20-14-24(18-46)38(20)51-31(21(2)50-13-12-48-19-32(50)52)17-28-36(23-9-10-25(30(43)16-23)40(53)47-3)49-37-27(39(28)51)15-22(6-5-11-45)33(35(37)44)26-7-4-8-29(41)34(26)42/h4,7-10,12-13,15-17,19-21,24,38H,5-6,14,18,46H2,1-3H3,(H,47,53)/t20-,21+,24+,38+/m0/s1. The van der Waals surface area contributed by atoms with E-state index in [2.05, 4.69) is 27.9 Å². The summed E-state index contributed by atoms with van der Waals surface area (Å²) in [5.41, 5.74) is 8.84. The van der Waals surface area contributed by atoms with Crippen molar-refractivity contribution in [3.8, 4) is 28.5 Å². The molecule has 13 heteroatoms. The maximum Gasteiger partial charge on any atom is 0.269 e. The SMILES string of the molecule is CNC(=O)c1ccc(-c2nc3c(F)c(-c4cccc(Cl)c4Cl)c(CCC#N)cc3c3c2cc([C@@H](C)n2ccncc2=O)n3[C@H]2[C@@H](CN)C[C@@H]2C)cc1F. The molecule has 270 valence electrons. The van der Waals surface area contributed by atoms with Crippen molar-refractivity contribution in [1.29, 1.82) is 5.26 Å². The van der Waals surface area contributed by atoms with Crippen LogP contribution in [0.2, 0.25) is 10.0 Å². The van der Waals surface area contributed by atoms with E-state index in [9.17, 15) is 14.9 Å². The van der Waals surface area contributed by atoms with Gasteiger partial charge in [0.1, 0.15) is 11.3 Å². The molecule has 0 saturated heterocycles. The third-order valence-electron chi connectivity index (χ3n) is 10.5. The van der Waals surface area contributed by atoms with E-state index in [4.69, 9.17) is 33.9 Å². The highest BCUT2D eigenvalue weighted by Crippen LogP contribution is 2.50. The highest BCUT2D eigenvalue weighted by molar-refractivity contribution is 6.43. The molecule has 9 nitrogen and oxygen atoms in total. The molecule has 6 aromatic rings. The number of amides is 1. The molecular formula is C40H35Cl2F2N7O2. The second-order valence-corrected chi connectivity index (χ2v) is 14.3. The van der Waals surface area contributed by atoms with Gasteiger partial charge in [0.25, 0.3) is 11.5 Å². The van der Waals surface area contributed by atoms with Crippen LogP contribution in [0.1, 0.15) is 60.4 Å². The molecule has 1 aliphatic carbocycles. The number of nitriles is 1. The fourth-order valence-electron chi connectivity index (χ4n) is 7.92. The number of carbonyl (C=O) groups excluding carboxylic acids is 1. The highest BCUT2D eigenvalue weighted by Gasteiger charge is 2.41. The van der Waals surface area contributed by atoms with E-state index >= 15 is 8.78 Å². The Bertz CT molecular complexity index is 2540. The molecular weight excluding hydrogens is 719 g/mol. The van der Waals surface area contributed by atoms with Crippen molar-refractivity contribution >= 4 is 50.9 Å². The van der Waals surface area contributed by atoms with Crippen molar-refractivity contribution in [2.45, 2.75) is 45.2 Å². The van der Waals surface area contributed by atoms with Crippen molar-refractivity contribution in [1.82, 2.24) is 24.4 Å². The molecule has 3 N–H and O–H groups in total. The van der Waals surface area contributed by atoms with Crippen LogP contribution < -0.4 is 16.6 Å². The number of aromatic nitrogens is 4. The Morgan fingerprint density at radius 1 is 1.17 bits per heavy atom. The lowest BCUT2D eigenvalue weighted by Gasteiger charge is -2.45. The zero-order valence-electron chi connectivity index (χ0n) is 29.1. The minimum absolute atomic E-state index is 0.00839. The number of hydrogen-bond acceptors (Lipinski definition) is 6. The van der Waals surface area contributed by atoms with Crippen molar-refractivity contribution in [2.24, 2.45) is 17.6 Å². The molecule has 1 amide bonds. The van der Waals surface area contributed by atoms with Gasteiger partial charge in [0.2, 0.25) is 0 Å². The molecule has 0 spiro atoms. The van der Waals surface area contributed by atoms with Crippen LogP contribution >= 0.6 is 23.2 Å². The number of rotatable bonds is 9. The fraction of sp³-hybridized carbons (Fsp3) is 0.275. The predicted octanol–water partition coefficient (Wildman–Crippen LogP) is 8.25. The van der Waals surface area contributed by atoms with E-state index in [0.717, 1.165) is 12.1 Å². The molecule has 4 atom stereocenters. The Morgan fingerprint density at radius 3 is 2.64 bits per heavy atom. The zero-order valence-corrected chi connectivity index (χ0v) is 30.6. The minimum atomic E-state index is -0.775. The molecule has 1 aliphatic rings. The molecule has 0 unspecified atom stereocenters. The average Bonchev–Trinajstić information content (AvgIpc) is 3.53. The maximum atomic E-state index is 17.5. The van der Waals surface area contributed by atoms with Crippen molar-refractivity contribution in [3.05, 3.63) is 116 Å². The largest absolute Gasteiger partial charge is 0.355 e. The van der Waals surface area contributed by atoms with E-state index in [1.54, 1.807) is 35.0 Å². The first-order chi connectivity index (χ1) is 25.5. The fourth-order valence-corrected chi connectivity index (χ4v) is 8.32. The lowest BCUT2D eigenvalue weighted by atomic mass is 9.70. The number of halogens is 4. The van der Waals surface area contributed by atoms with E-state index < -0.39 is 23.6 Å². The zero-order chi connectivity index (χ0) is 37.7. The van der Waals surface area contributed by atoms with Gasteiger partial charge in [-0.1, -0.05) is 48.3 Å². The van der Waals surface area contributed by atoms with Gasteiger partial charge in [-0.15, -0.1) is 0 Å². The van der Waals surface area contributed by atoms with Gasteiger partial charge in [-0.25, -0.2) is 13.8 Å². The number of pyridine rings is 1. The Kier molecular flexibility index (Phi) is 9.81. The van der Waals surface area contributed by atoms with Crippen LogP contribution in [-0.2, 0) is 6.42 Å². The minimum Gasteiger partial charge on any atom is -0.355 e. The first-order valence-corrected chi connectivity index (χ1v) is 18.0. The van der Waals surface area contributed by atoms with Gasteiger partial charge in [-0.2, -0.15) is 5.26 Å². The summed E-state index contributed by atoms with van der Waals surface area (Å²) in [4.78, 5) is 34.5. The third kappa shape index (κ3) is 6.05. The summed E-state index contributed by atoms with van der Waals surface area (Å²) < 4.78 is 36.9. The summed E-state index contributed by atoms with van der Waals surface area (Å²) >= 11 is 13.1. The molecule has 3 aromatic heterocycles. The van der Waals surface area contributed by atoms with Gasteiger partial charge in [0, 0.05) is 65.1 Å². The Labute approximate surface area is 314 Å². The van der Waals surface area contributed by atoms with Gasteiger partial charge in [0.05, 0.1) is 45.1 Å². The van der Waals surface area contributed by atoms with Crippen LogP contribution in [0, 0.1) is 34.8 Å². The van der Waals surface area contributed by atoms with Gasteiger partial charge in [-0.3, -0.25) is 14.6 Å². The van der Waals surface area contributed by atoms with Crippen molar-refractivity contribution in [2.75, 3.05) is 13.6 Å². The van der Waals surface area contributed by atoms with Crippen LogP contribution in [0.3, 0.4) is 0 Å². The number of nitrogens with zero attached hydrogens (tertiary/aromatic N) is 5. The van der Waals surface area contributed by atoms with Gasteiger partial charge < -0.3 is 20.2 Å². The van der Waals surface area contributed by atoms with E-state index in [1.807, 2.05) is 19.1 Å². The summed E-state index contributed by atoms with van der Waals surface area (Å²) in [6.45, 7) is 4.43. The number of hydrogen-bond donors (Lipinski definition) is 2. The monoisotopic (exact) mass is 753 g/mol. The van der Waals surface area contributed by atoms with Gasteiger partial charge in [-0.05, 0) is 74.0 Å². The summed E-state index contributed by atoms with van der Waals surface area (Å²) in [5, 5.41) is 13.5. The van der Waals surface area contributed by atoms with Gasteiger partial charge >= 0.3 is 0 Å². The molecule has 7 rings (SSSR count). The van der Waals surface area contributed by atoms with E-state index in [1.165, 1.54) is 31.6 Å². The van der Waals surface area contributed by atoms with Crippen LogP contribution in [0.25, 0.3) is 44.2 Å². The molecule has 1 saturated carbocycles. The third-order valence-corrected chi connectivity index (χ3v) is 11.3. The lowest BCUT2D eigenvalue weighted by Crippen LogP contribution is -2.42. The van der Waals surface area contributed by atoms with E-state index in [-0.39, 0.29) is 68.7 Å². The number of nitrogens with one attached hydrogen (secondary N) is 1. The first kappa shape index (κ1) is 36.2. The Morgan fingerprint density at radius 2 is 1.96 bits per heavy atom. The molecule has 0 aliphatic heterocycles. The second-order valence-electron chi connectivity index (χ2n) is 13.5. The van der Waals surface area contributed by atoms with Crippen LogP contribution in [0.4, 0.5) is 8.78 Å². The molecule has 3 heterocycles. The van der Waals surface area contributed by atoms with Gasteiger partial charge in [0.15, 0.2) is 5.82 Å². The summed E-state index contributed by atoms with van der Waals surface area (Å²) in [6, 6.07) is 14.4. The first-order valence-electron chi connectivity index (χ1n) is 17.3. The summed E-state index contributed by atoms with van der Waals surface area (Å²) in [7, 11) is 1.41. The predicted molar refractivity (Wildman–Crippen MR) is 203 cm³/mol. The van der Waals surface area contributed by atoms with Crippen LogP contribution in [-0.4, -0.2) is 38.6 Å². The molecule has 1 fully saturated rings. The number of carbonyl (C=O) groups is 1. The van der Waals surface area contributed by atoms with Crippen LogP contribution in [0.15, 0.2) is 71.9 Å². The topological polar surface area (TPSA) is 132 Å². The molecule has 0 bridgehead atoms. The lowest BCUT2D eigenvalue weighted by molar-refractivity contribution is 0.0959. The van der Waals surface area contributed by atoms with Crippen molar-refractivity contribution < 1.29 is 13.6 Å². The number of fused-ring (bicyclic) bond motifs is 3. The van der Waals surface area contributed by atoms with Crippen LogP contribution in [0.5, 0.6) is 0 Å². The quantitative estimate of drug-likeness (QED) is 0.153. The molecule has 53 heavy (non-hydrogen) atoms. The Balaban J connectivity index is 1.66. The van der Waals surface area contributed by atoms with Crippen molar-refractivity contribution in [3.63, 3.8) is 0 Å². The average molecular weight is 755 g/mol. The number of nitrogens with two attached hydrogens (primary N) is 1. The number of benzene rings is 3. The Hall–Kier alpha value is -5.15. The molecule has 3 aromatic carbocycles. The normalized spacial score (nSPS) is 17.5. The smallest absolute Gasteiger partial charge is 0.269 e. The van der Waals surface area contributed by atoms with E-state index in [0.29, 0.717) is 39.5 Å². The summed E-state index contributed by atoms with van der Waals surface area (Å²) in [6.07, 6.45) is 5.58. The molecule has 0 radical (unpaired) electrons. The second kappa shape index (κ2) is 14.3.